The van der Waals surface area contributed by atoms with Crippen molar-refractivity contribution in [2.45, 2.75) is 52.1 Å². The maximum absolute atomic E-state index is 12.1. The van der Waals surface area contributed by atoms with Crippen molar-refractivity contribution < 1.29 is 4.79 Å². The van der Waals surface area contributed by atoms with Crippen LogP contribution in [0.2, 0.25) is 0 Å². The predicted molar refractivity (Wildman–Crippen MR) is 92.2 cm³/mol. The number of amides is 1. The smallest absolute Gasteiger partial charge is 0.225 e. The third kappa shape index (κ3) is 5.11. The van der Waals surface area contributed by atoms with E-state index in [1.807, 2.05) is 31.2 Å². The van der Waals surface area contributed by atoms with E-state index < -0.39 is 0 Å². The van der Waals surface area contributed by atoms with Gasteiger partial charge < -0.3 is 10.6 Å². The number of hydrogen-bond acceptors (Lipinski definition) is 3. The Morgan fingerprint density at radius 2 is 2.09 bits per heavy atom. The van der Waals surface area contributed by atoms with Crippen LogP contribution >= 0.6 is 0 Å². The molecule has 22 heavy (non-hydrogen) atoms. The van der Waals surface area contributed by atoms with Gasteiger partial charge in [-0.2, -0.15) is 0 Å². The summed E-state index contributed by atoms with van der Waals surface area (Å²) < 4.78 is 0. The second-order valence-electron chi connectivity index (χ2n) is 6.35. The molecule has 4 nitrogen and oxygen atoms in total. The SMILES string of the molecule is CCN1CCC[C@@H]1CN[C@H](C)CC(=O)Nc1ccc(C)cc1. The van der Waals surface area contributed by atoms with Crippen molar-refractivity contribution in [3.8, 4) is 0 Å². The maximum atomic E-state index is 12.1. The van der Waals surface area contributed by atoms with Crippen LogP contribution in [0.3, 0.4) is 0 Å². The van der Waals surface area contributed by atoms with Gasteiger partial charge in [-0.25, -0.2) is 0 Å². The van der Waals surface area contributed by atoms with Gasteiger partial charge in [-0.3, -0.25) is 9.69 Å². The zero-order valence-electron chi connectivity index (χ0n) is 14.1. The van der Waals surface area contributed by atoms with E-state index in [1.54, 1.807) is 0 Å². The number of rotatable bonds is 7. The second-order valence-corrected chi connectivity index (χ2v) is 6.35. The normalized spacial score (nSPS) is 20.0. The maximum Gasteiger partial charge on any atom is 0.225 e. The first-order valence-corrected chi connectivity index (χ1v) is 8.42. The molecule has 0 radical (unpaired) electrons. The van der Waals surface area contributed by atoms with Gasteiger partial charge in [-0.15, -0.1) is 0 Å². The minimum absolute atomic E-state index is 0.0719. The van der Waals surface area contributed by atoms with Gasteiger partial charge in [-0.1, -0.05) is 24.6 Å². The standard InChI is InChI=1S/C18H29N3O/c1-4-21-11-5-6-17(21)13-19-15(3)12-18(22)20-16-9-7-14(2)8-10-16/h7-10,15,17,19H,4-6,11-13H2,1-3H3,(H,20,22)/t15-,17-/m1/s1. The lowest BCUT2D eigenvalue weighted by molar-refractivity contribution is -0.116. The summed E-state index contributed by atoms with van der Waals surface area (Å²) in [6.07, 6.45) is 3.07. The molecule has 1 amide bonds. The van der Waals surface area contributed by atoms with Crippen LogP contribution in [0, 0.1) is 6.92 Å². The highest BCUT2D eigenvalue weighted by Crippen LogP contribution is 2.16. The fraction of sp³-hybridized carbons (Fsp3) is 0.611. The quantitative estimate of drug-likeness (QED) is 0.814. The van der Waals surface area contributed by atoms with Crippen LogP contribution in [0.25, 0.3) is 0 Å². The van der Waals surface area contributed by atoms with Gasteiger partial charge in [0.2, 0.25) is 5.91 Å². The molecule has 2 N–H and O–H groups in total. The molecule has 0 saturated carbocycles. The molecule has 1 aromatic carbocycles. The summed E-state index contributed by atoms with van der Waals surface area (Å²) >= 11 is 0. The van der Waals surface area contributed by atoms with Gasteiger partial charge in [0, 0.05) is 30.7 Å². The number of nitrogens with one attached hydrogen (secondary N) is 2. The summed E-state index contributed by atoms with van der Waals surface area (Å²) in [5.74, 6) is 0.0719. The third-order valence-corrected chi connectivity index (χ3v) is 4.43. The van der Waals surface area contributed by atoms with Crippen molar-refractivity contribution in [2.24, 2.45) is 0 Å². The third-order valence-electron chi connectivity index (χ3n) is 4.43. The summed E-state index contributed by atoms with van der Waals surface area (Å²) in [5.41, 5.74) is 2.07. The minimum Gasteiger partial charge on any atom is -0.326 e. The minimum atomic E-state index is 0.0719. The number of aryl methyl sites for hydroxylation is 1. The lowest BCUT2D eigenvalue weighted by Crippen LogP contribution is -2.41. The lowest BCUT2D eigenvalue weighted by atomic mass is 10.1. The molecule has 1 aliphatic heterocycles. The summed E-state index contributed by atoms with van der Waals surface area (Å²) in [6, 6.07) is 8.75. The average Bonchev–Trinajstić information content (AvgIpc) is 2.95. The molecule has 1 aromatic rings. The van der Waals surface area contributed by atoms with Gasteiger partial charge in [0.05, 0.1) is 0 Å². The van der Waals surface area contributed by atoms with E-state index >= 15 is 0 Å². The number of hydrogen-bond donors (Lipinski definition) is 2. The number of anilines is 1. The van der Waals surface area contributed by atoms with E-state index in [4.69, 9.17) is 0 Å². The molecule has 2 atom stereocenters. The number of carbonyl (C=O) groups is 1. The van der Waals surface area contributed by atoms with Gasteiger partial charge >= 0.3 is 0 Å². The van der Waals surface area contributed by atoms with E-state index in [0.717, 1.165) is 18.8 Å². The molecule has 1 aliphatic rings. The number of likely N-dealkylation sites (tertiary alicyclic amines) is 1. The molecule has 4 heteroatoms. The molecule has 0 bridgehead atoms. The number of carbonyl (C=O) groups excluding carboxylic acids is 1. The van der Waals surface area contributed by atoms with Crippen molar-refractivity contribution in [3.63, 3.8) is 0 Å². The van der Waals surface area contributed by atoms with E-state index in [9.17, 15) is 4.79 Å². The molecule has 0 aliphatic carbocycles. The van der Waals surface area contributed by atoms with Crippen molar-refractivity contribution >= 4 is 11.6 Å². The van der Waals surface area contributed by atoms with E-state index in [1.165, 1.54) is 24.9 Å². The molecule has 1 heterocycles. The van der Waals surface area contributed by atoms with Crippen molar-refractivity contribution in [1.82, 2.24) is 10.2 Å². The zero-order valence-corrected chi connectivity index (χ0v) is 14.1. The zero-order chi connectivity index (χ0) is 15.9. The van der Waals surface area contributed by atoms with Crippen LogP contribution in [0.15, 0.2) is 24.3 Å². The number of benzene rings is 1. The first-order valence-electron chi connectivity index (χ1n) is 8.42. The molecule has 0 spiro atoms. The molecule has 1 fully saturated rings. The van der Waals surface area contributed by atoms with Crippen LogP contribution in [0.4, 0.5) is 5.69 Å². The van der Waals surface area contributed by atoms with Crippen molar-refractivity contribution in [2.75, 3.05) is 25.0 Å². The Balaban J connectivity index is 1.71. The average molecular weight is 303 g/mol. The molecular weight excluding hydrogens is 274 g/mol. The topological polar surface area (TPSA) is 44.4 Å². The molecular formula is C18H29N3O. The Labute approximate surface area is 134 Å². The summed E-state index contributed by atoms with van der Waals surface area (Å²) in [4.78, 5) is 14.6. The summed E-state index contributed by atoms with van der Waals surface area (Å²) in [7, 11) is 0. The fourth-order valence-corrected chi connectivity index (χ4v) is 3.08. The largest absolute Gasteiger partial charge is 0.326 e. The summed E-state index contributed by atoms with van der Waals surface area (Å²) in [5, 5.41) is 6.47. The van der Waals surface area contributed by atoms with E-state index in [2.05, 4.69) is 29.4 Å². The summed E-state index contributed by atoms with van der Waals surface area (Å²) in [6.45, 7) is 9.66. The van der Waals surface area contributed by atoms with E-state index in [0.29, 0.717) is 12.5 Å². The van der Waals surface area contributed by atoms with Crippen LogP contribution < -0.4 is 10.6 Å². The number of likely N-dealkylation sites (N-methyl/N-ethyl adjacent to an activating group) is 1. The Bertz CT molecular complexity index is 472. The molecule has 1 saturated heterocycles. The monoisotopic (exact) mass is 303 g/mol. The fourth-order valence-electron chi connectivity index (χ4n) is 3.08. The van der Waals surface area contributed by atoms with Gasteiger partial charge in [0.1, 0.15) is 0 Å². The first kappa shape index (κ1) is 17.0. The highest BCUT2D eigenvalue weighted by molar-refractivity contribution is 5.91. The van der Waals surface area contributed by atoms with Crippen molar-refractivity contribution in [3.05, 3.63) is 29.8 Å². The second kappa shape index (κ2) is 8.30. The van der Waals surface area contributed by atoms with Gasteiger partial charge in [-0.05, 0) is 51.9 Å². The van der Waals surface area contributed by atoms with E-state index in [-0.39, 0.29) is 11.9 Å². The highest BCUT2D eigenvalue weighted by Gasteiger charge is 2.23. The molecule has 122 valence electrons. The molecule has 0 unspecified atom stereocenters. The number of nitrogens with zero attached hydrogens (tertiary/aromatic N) is 1. The Morgan fingerprint density at radius 1 is 1.36 bits per heavy atom. The van der Waals surface area contributed by atoms with Crippen LogP contribution in [0.5, 0.6) is 0 Å². The molecule has 0 aromatic heterocycles. The van der Waals surface area contributed by atoms with Gasteiger partial charge in [0.15, 0.2) is 0 Å². The van der Waals surface area contributed by atoms with Crippen LogP contribution in [0.1, 0.15) is 38.7 Å². The van der Waals surface area contributed by atoms with Gasteiger partial charge in [0.25, 0.3) is 0 Å². The predicted octanol–water partition coefficient (Wildman–Crippen LogP) is 2.79. The van der Waals surface area contributed by atoms with Crippen LogP contribution in [-0.2, 0) is 4.79 Å². The Kier molecular flexibility index (Phi) is 6.40. The Morgan fingerprint density at radius 3 is 2.77 bits per heavy atom. The molecule has 2 rings (SSSR count). The lowest BCUT2D eigenvalue weighted by Gasteiger charge is -2.24. The Hall–Kier alpha value is -1.39. The highest BCUT2D eigenvalue weighted by atomic mass is 16.1. The first-order chi connectivity index (χ1) is 10.6. The van der Waals surface area contributed by atoms with Crippen LogP contribution in [-0.4, -0.2) is 42.5 Å². The van der Waals surface area contributed by atoms with Crippen molar-refractivity contribution in [1.29, 1.82) is 0 Å².